The molecule has 0 spiro atoms. The molecule has 3 nitrogen and oxygen atoms in total. The van der Waals surface area contributed by atoms with Gasteiger partial charge in [-0.05, 0) is 25.0 Å². The second-order valence-electron chi connectivity index (χ2n) is 3.24. The second-order valence-corrected chi connectivity index (χ2v) is 3.67. The molecule has 0 saturated carbocycles. The van der Waals surface area contributed by atoms with E-state index in [2.05, 4.69) is 0 Å². The molecule has 0 heterocycles. The van der Waals surface area contributed by atoms with E-state index < -0.39 is 0 Å². The SMILES string of the molecule is NCc1ccc(Cl)cc1OCCCCO. The van der Waals surface area contributed by atoms with E-state index in [1.165, 1.54) is 0 Å². The number of rotatable bonds is 6. The van der Waals surface area contributed by atoms with Gasteiger partial charge in [-0.2, -0.15) is 0 Å². The third-order valence-corrected chi connectivity index (χ3v) is 2.29. The van der Waals surface area contributed by atoms with Crippen LogP contribution in [0.4, 0.5) is 0 Å². The highest BCUT2D eigenvalue weighted by atomic mass is 35.5. The molecular formula is C11H16ClNO2. The molecule has 0 aliphatic carbocycles. The van der Waals surface area contributed by atoms with Crippen LogP contribution >= 0.6 is 11.6 Å². The van der Waals surface area contributed by atoms with E-state index in [1.807, 2.05) is 6.07 Å². The molecule has 0 fully saturated rings. The molecule has 15 heavy (non-hydrogen) atoms. The molecule has 0 atom stereocenters. The summed E-state index contributed by atoms with van der Waals surface area (Å²) in [5, 5.41) is 9.25. The minimum absolute atomic E-state index is 0.197. The second kappa shape index (κ2) is 6.67. The third-order valence-electron chi connectivity index (χ3n) is 2.06. The van der Waals surface area contributed by atoms with Crippen LogP contribution in [0.2, 0.25) is 5.02 Å². The highest BCUT2D eigenvalue weighted by Crippen LogP contribution is 2.23. The van der Waals surface area contributed by atoms with Crippen molar-refractivity contribution in [2.45, 2.75) is 19.4 Å². The first kappa shape index (κ1) is 12.3. The molecule has 0 amide bonds. The van der Waals surface area contributed by atoms with Gasteiger partial charge in [0.25, 0.3) is 0 Å². The Morgan fingerprint density at radius 3 is 2.80 bits per heavy atom. The maximum absolute atomic E-state index is 8.61. The number of hydrogen-bond acceptors (Lipinski definition) is 3. The van der Waals surface area contributed by atoms with Crippen molar-refractivity contribution in [2.75, 3.05) is 13.2 Å². The first-order valence-electron chi connectivity index (χ1n) is 5.00. The van der Waals surface area contributed by atoms with Crippen molar-refractivity contribution in [2.24, 2.45) is 5.73 Å². The molecule has 4 heteroatoms. The van der Waals surface area contributed by atoms with Gasteiger partial charge in [0.1, 0.15) is 5.75 Å². The van der Waals surface area contributed by atoms with Gasteiger partial charge in [0, 0.05) is 23.7 Å². The first-order valence-corrected chi connectivity index (χ1v) is 5.38. The lowest BCUT2D eigenvalue weighted by molar-refractivity contribution is 0.252. The van der Waals surface area contributed by atoms with E-state index in [9.17, 15) is 0 Å². The van der Waals surface area contributed by atoms with Crippen molar-refractivity contribution >= 4 is 11.6 Å². The number of unbranched alkanes of at least 4 members (excludes halogenated alkanes) is 1. The summed E-state index contributed by atoms with van der Waals surface area (Å²) in [6.07, 6.45) is 1.57. The summed E-state index contributed by atoms with van der Waals surface area (Å²) in [5.74, 6) is 0.739. The molecule has 1 aromatic carbocycles. The Labute approximate surface area is 94.8 Å². The lowest BCUT2D eigenvalue weighted by atomic mass is 10.2. The summed E-state index contributed by atoms with van der Waals surface area (Å²) >= 11 is 5.85. The van der Waals surface area contributed by atoms with Gasteiger partial charge in [0.2, 0.25) is 0 Å². The monoisotopic (exact) mass is 229 g/mol. The van der Waals surface area contributed by atoms with E-state index in [-0.39, 0.29) is 6.61 Å². The van der Waals surface area contributed by atoms with Gasteiger partial charge in [-0.3, -0.25) is 0 Å². The Kier molecular flexibility index (Phi) is 5.47. The van der Waals surface area contributed by atoms with Crippen LogP contribution in [-0.2, 0) is 6.54 Å². The maximum atomic E-state index is 8.61. The third kappa shape index (κ3) is 4.08. The fraction of sp³-hybridized carbons (Fsp3) is 0.455. The van der Waals surface area contributed by atoms with Gasteiger partial charge in [0.05, 0.1) is 6.61 Å². The molecule has 0 aromatic heterocycles. The van der Waals surface area contributed by atoms with Crippen LogP contribution in [0.15, 0.2) is 18.2 Å². The predicted octanol–water partition coefficient (Wildman–Crippen LogP) is 1.95. The minimum Gasteiger partial charge on any atom is -0.493 e. The predicted molar refractivity (Wildman–Crippen MR) is 61.2 cm³/mol. The zero-order valence-electron chi connectivity index (χ0n) is 8.58. The lowest BCUT2D eigenvalue weighted by Gasteiger charge is -2.10. The molecule has 3 N–H and O–H groups in total. The number of aliphatic hydroxyl groups is 1. The van der Waals surface area contributed by atoms with Gasteiger partial charge in [-0.25, -0.2) is 0 Å². The quantitative estimate of drug-likeness (QED) is 0.734. The molecular weight excluding hydrogens is 214 g/mol. The van der Waals surface area contributed by atoms with Crippen LogP contribution in [0.5, 0.6) is 5.75 Å². The van der Waals surface area contributed by atoms with Crippen LogP contribution < -0.4 is 10.5 Å². The Bertz CT molecular complexity index is 305. The average molecular weight is 230 g/mol. The van der Waals surface area contributed by atoms with Gasteiger partial charge in [0.15, 0.2) is 0 Å². The molecule has 84 valence electrons. The van der Waals surface area contributed by atoms with Crippen molar-refractivity contribution in [1.82, 2.24) is 0 Å². The summed E-state index contributed by atoms with van der Waals surface area (Å²) in [5.41, 5.74) is 6.52. The number of halogens is 1. The Morgan fingerprint density at radius 1 is 1.33 bits per heavy atom. The highest BCUT2D eigenvalue weighted by Gasteiger charge is 2.02. The fourth-order valence-electron chi connectivity index (χ4n) is 1.23. The molecule has 0 radical (unpaired) electrons. The smallest absolute Gasteiger partial charge is 0.125 e. The number of aliphatic hydroxyl groups excluding tert-OH is 1. The van der Waals surface area contributed by atoms with E-state index >= 15 is 0 Å². The summed E-state index contributed by atoms with van der Waals surface area (Å²) in [6, 6.07) is 5.43. The van der Waals surface area contributed by atoms with E-state index in [0.29, 0.717) is 18.2 Å². The van der Waals surface area contributed by atoms with Gasteiger partial charge in [-0.1, -0.05) is 17.7 Å². The van der Waals surface area contributed by atoms with E-state index in [4.69, 9.17) is 27.2 Å². The van der Waals surface area contributed by atoms with E-state index in [0.717, 1.165) is 24.2 Å². The minimum atomic E-state index is 0.197. The molecule has 0 aliphatic heterocycles. The van der Waals surface area contributed by atoms with Gasteiger partial charge < -0.3 is 15.6 Å². The zero-order chi connectivity index (χ0) is 11.1. The molecule has 1 aromatic rings. The average Bonchev–Trinajstić information content (AvgIpc) is 2.25. The Morgan fingerprint density at radius 2 is 2.13 bits per heavy atom. The number of benzene rings is 1. The fourth-order valence-corrected chi connectivity index (χ4v) is 1.39. The summed E-state index contributed by atoms with van der Waals surface area (Å²) in [6.45, 7) is 1.21. The summed E-state index contributed by atoms with van der Waals surface area (Å²) < 4.78 is 5.54. The number of ether oxygens (including phenoxy) is 1. The van der Waals surface area contributed by atoms with Crippen molar-refractivity contribution in [3.63, 3.8) is 0 Å². The Hall–Kier alpha value is -0.770. The summed E-state index contributed by atoms with van der Waals surface area (Å²) in [4.78, 5) is 0. The number of nitrogens with two attached hydrogens (primary N) is 1. The van der Waals surface area contributed by atoms with Crippen molar-refractivity contribution < 1.29 is 9.84 Å². The Balaban J connectivity index is 2.54. The maximum Gasteiger partial charge on any atom is 0.125 e. The van der Waals surface area contributed by atoms with Crippen LogP contribution in [0.1, 0.15) is 18.4 Å². The first-order chi connectivity index (χ1) is 7.27. The van der Waals surface area contributed by atoms with Gasteiger partial charge in [-0.15, -0.1) is 0 Å². The standard InChI is InChI=1S/C11H16ClNO2/c12-10-4-3-9(8-13)11(7-10)15-6-2-1-5-14/h3-4,7,14H,1-2,5-6,8,13H2. The largest absolute Gasteiger partial charge is 0.493 e. The highest BCUT2D eigenvalue weighted by molar-refractivity contribution is 6.30. The molecule has 0 saturated heterocycles. The van der Waals surface area contributed by atoms with Crippen molar-refractivity contribution in [3.8, 4) is 5.75 Å². The zero-order valence-corrected chi connectivity index (χ0v) is 9.33. The molecule has 0 bridgehead atoms. The van der Waals surface area contributed by atoms with Crippen molar-refractivity contribution in [3.05, 3.63) is 28.8 Å². The number of hydrogen-bond donors (Lipinski definition) is 2. The van der Waals surface area contributed by atoms with Crippen LogP contribution in [0.3, 0.4) is 0 Å². The molecule has 0 aliphatic rings. The van der Waals surface area contributed by atoms with Crippen LogP contribution in [-0.4, -0.2) is 18.3 Å². The normalized spacial score (nSPS) is 10.3. The van der Waals surface area contributed by atoms with Gasteiger partial charge >= 0.3 is 0 Å². The van der Waals surface area contributed by atoms with E-state index in [1.54, 1.807) is 12.1 Å². The lowest BCUT2D eigenvalue weighted by Crippen LogP contribution is -2.04. The topological polar surface area (TPSA) is 55.5 Å². The summed E-state index contributed by atoms with van der Waals surface area (Å²) in [7, 11) is 0. The van der Waals surface area contributed by atoms with Crippen molar-refractivity contribution in [1.29, 1.82) is 0 Å². The van der Waals surface area contributed by atoms with Crippen LogP contribution in [0, 0.1) is 0 Å². The molecule has 0 unspecified atom stereocenters. The molecule has 1 rings (SSSR count). The van der Waals surface area contributed by atoms with Crippen LogP contribution in [0.25, 0.3) is 0 Å².